The molecule has 137 heavy (non-hydrogen) atoms. The summed E-state index contributed by atoms with van der Waals surface area (Å²) in [5.74, 6) is -1.13. The first-order valence-electron chi connectivity index (χ1n) is 43.5. The van der Waals surface area contributed by atoms with Crippen molar-refractivity contribution >= 4 is 153 Å². The highest BCUT2D eigenvalue weighted by atomic mass is 32.1. The molecule has 12 aromatic carbocycles. The van der Waals surface area contributed by atoms with Crippen LogP contribution in [0.5, 0.6) is 46.0 Å². The van der Waals surface area contributed by atoms with E-state index in [2.05, 4.69) is 57.2 Å². The maximum atomic E-state index is 14.1. The van der Waals surface area contributed by atoms with Gasteiger partial charge in [-0.25, -0.2) is 47.9 Å². The molecule has 0 spiro atoms. The number of carboxylic acid groups (broad SMARTS) is 4. The van der Waals surface area contributed by atoms with Crippen LogP contribution in [0.2, 0.25) is 0 Å². The monoisotopic (exact) mass is 1900 g/mol. The number of methoxy groups -OCH3 is 2. The summed E-state index contributed by atoms with van der Waals surface area (Å²) in [6.45, 7) is 16.4. The van der Waals surface area contributed by atoms with Crippen molar-refractivity contribution in [1.29, 1.82) is 0 Å². The lowest BCUT2D eigenvalue weighted by molar-refractivity contribution is 0.0688. The van der Waals surface area contributed by atoms with Crippen molar-refractivity contribution in [3.63, 3.8) is 0 Å². The van der Waals surface area contributed by atoms with Gasteiger partial charge >= 0.3 is 23.9 Å². The van der Waals surface area contributed by atoms with Crippen LogP contribution in [-0.2, 0) is 26.4 Å². The van der Waals surface area contributed by atoms with Gasteiger partial charge in [0.25, 0.3) is 0 Å². The summed E-state index contributed by atoms with van der Waals surface area (Å²) in [6, 6.07) is 78.0. The van der Waals surface area contributed by atoms with E-state index in [1.165, 1.54) is 6.07 Å². The fourth-order valence-corrected chi connectivity index (χ4v) is 21.7. The molecular weight excluding hydrogens is 1810 g/mol. The molecule has 0 bridgehead atoms. The standard InChI is InChI=1S/C28H21NO5S.2C28H23NO4S.C27H19F2NO3S/c1-15-7-9-22(32-13-17-8-10-21-23(11-17)34-14-33-21)25-19(28(30)31)12-20(29-26(15)25)27-16(2)18-5-3-4-6-24(18)35-27;1-16-12-13-23(33-15-18-8-4-6-10-22(18)32-3)25-20(28(30)31)14-21(29-26(16)25)27-17(2)19-9-5-7-11-24(19)34-27;1-16-11-12-23(33-15-18-7-6-8-19(13-18)32-3)25-21(28(30)31)14-22(29-26(16)25)27-17(2)20-9-4-5-10-24(20)34-27;1-14-10-11-22(33-13-18-19(28)7-5-8-20(18)29)24-17(27(31)32)12-21(30-25(14)24)26-15(2)16-6-3-4-9-23(16)34-26/h3-12H,13-14H2,1-2H3,(H,30,31);2*4-14H,15H2,1-3H3,(H,30,31);3-12H,13H2,1-2H3,(H,31,32). The minimum absolute atomic E-state index is 0.0181. The summed E-state index contributed by atoms with van der Waals surface area (Å²) in [6.07, 6.45) is 0. The number of benzene rings is 12. The Kier molecular flexibility index (Phi) is 26.2. The molecule has 8 aromatic heterocycles. The molecule has 9 heterocycles. The Labute approximate surface area is 800 Å². The number of para-hydroxylation sites is 1. The van der Waals surface area contributed by atoms with Gasteiger partial charge in [0.1, 0.15) is 72.6 Å². The van der Waals surface area contributed by atoms with Gasteiger partial charge in [-0.05, 0) is 248 Å². The van der Waals surface area contributed by atoms with Crippen LogP contribution in [0.3, 0.4) is 0 Å². The predicted molar refractivity (Wildman–Crippen MR) is 538 cm³/mol. The molecule has 0 saturated carbocycles. The molecule has 20 nitrogen and oxygen atoms in total. The van der Waals surface area contributed by atoms with E-state index in [0.717, 1.165) is 145 Å². The molecule has 0 unspecified atom stereocenters. The highest BCUT2D eigenvalue weighted by molar-refractivity contribution is 7.23. The zero-order valence-electron chi connectivity index (χ0n) is 75.6. The zero-order chi connectivity index (χ0) is 95.7. The summed E-state index contributed by atoms with van der Waals surface area (Å²) in [7, 11) is 3.23. The number of halogens is 2. The number of nitrogens with zero attached hydrogens (tertiary/aromatic N) is 4. The molecule has 1 aliphatic heterocycles. The van der Waals surface area contributed by atoms with Crippen molar-refractivity contribution in [3.8, 4) is 88.3 Å². The van der Waals surface area contributed by atoms with Gasteiger partial charge in [0.2, 0.25) is 6.79 Å². The molecule has 0 fully saturated rings. The summed E-state index contributed by atoms with van der Waals surface area (Å²) in [5.41, 5.74) is 15.7. The quantitative estimate of drug-likeness (QED) is 0.0491. The maximum absolute atomic E-state index is 14.1. The third kappa shape index (κ3) is 18.4. The second kappa shape index (κ2) is 39.1. The lowest BCUT2D eigenvalue weighted by atomic mass is 10.0. The number of pyridine rings is 4. The van der Waals surface area contributed by atoms with E-state index in [9.17, 15) is 48.4 Å². The van der Waals surface area contributed by atoms with E-state index in [1.807, 2.05) is 198 Å². The Morgan fingerprint density at radius 3 is 1.01 bits per heavy atom. The Bertz CT molecular complexity index is 8230. The summed E-state index contributed by atoms with van der Waals surface area (Å²) in [4.78, 5) is 72.9. The van der Waals surface area contributed by atoms with Gasteiger partial charge < -0.3 is 58.3 Å². The van der Waals surface area contributed by atoms with Gasteiger partial charge in [0, 0.05) is 24.4 Å². The number of hydrogen-bond donors (Lipinski definition) is 4. The molecule has 1 aliphatic rings. The van der Waals surface area contributed by atoms with Crippen LogP contribution in [0.25, 0.3) is 126 Å². The van der Waals surface area contributed by atoms with E-state index in [0.29, 0.717) is 95.1 Å². The molecule has 0 saturated heterocycles. The molecule has 26 heteroatoms. The molecule has 684 valence electrons. The molecule has 21 rings (SSSR count). The molecule has 4 N–H and O–H groups in total. The molecule has 0 radical (unpaired) electrons. The maximum Gasteiger partial charge on any atom is 0.336 e. The van der Waals surface area contributed by atoms with E-state index < -0.39 is 35.5 Å². The summed E-state index contributed by atoms with van der Waals surface area (Å²) >= 11 is 6.44. The number of ether oxygens (including phenoxy) is 8. The van der Waals surface area contributed by atoms with Crippen LogP contribution in [-0.4, -0.2) is 85.3 Å². The molecule has 0 atom stereocenters. The molecule has 20 aromatic rings. The highest BCUT2D eigenvalue weighted by Gasteiger charge is 2.29. The number of aryl methyl sites for hydroxylation is 8. The average molecular weight is 1900 g/mol. The first-order valence-corrected chi connectivity index (χ1v) is 46.8. The van der Waals surface area contributed by atoms with Crippen molar-refractivity contribution < 1.29 is 86.3 Å². The van der Waals surface area contributed by atoms with E-state index in [-0.39, 0.29) is 66.8 Å². The Morgan fingerprint density at radius 2 is 0.657 bits per heavy atom. The van der Waals surface area contributed by atoms with Crippen molar-refractivity contribution in [1.82, 2.24) is 19.9 Å². The van der Waals surface area contributed by atoms with E-state index in [1.54, 1.807) is 96.0 Å². The second-order valence-corrected chi connectivity index (χ2v) is 37.0. The average Bonchev–Trinajstić information content (AvgIpc) is 1.73. The zero-order valence-corrected chi connectivity index (χ0v) is 78.9. The highest BCUT2D eigenvalue weighted by Crippen LogP contribution is 2.48. The van der Waals surface area contributed by atoms with Crippen molar-refractivity contribution in [2.45, 2.75) is 81.8 Å². The number of fused-ring (bicyclic) bond motifs is 9. The normalized spacial score (nSPS) is 11.5. The van der Waals surface area contributed by atoms with Gasteiger partial charge in [0.05, 0.1) is 128 Å². The van der Waals surface area contributed by atoms with E-state index in [4.69, 9.17) is 57.8 Å². The minimum atomic E-state index is -1.14. The summed E-state index contributed by atoms with van der Waals surface area (Å²) < 4.78 is 78.4. The Balaban J connectivity index is 0.000000121. The first kappa shape index (κ1) is 91.7. The molecule has 0 aliphatic carbocycles. The topological polar surface area (TPSA) is 275 Å². The second-order valence-electron chi connectivity index (χ2n) is 32.8. The van der Waals surface area contributed by atoms with Crippen LogP contribution in [0.1, 0.15) is 108 Å². The fraction of sp³-hybridized carbons (Fsp3) is 0.135. The number of thiophene rings is 4. The Hall–Kier alpha value is -15.7. The third-order valence-corrected chi connectivity index (χ3v) is 29.3. The van der Waals surface area contributed by atoms with E-state index >= 15 is 0 Å². The van der Waals surface area contributed by atoms with Crippen molar-refractivity contribution in [2.75, 3.05) is 21.0 Å². The lowest BCUT2D eigenvalue weighted by Crippen LogP contribution is -2.06. The Morgan fingerprint density at radius 1 is 0.328 bits per heavy atom. The van der Waals surface area contributed by atoms with Gasteiger partial charge in [-0.15, -0.1) is 45.3 Å². The smallest absolute Gasteiger partial charge is 0.336 e. The van der Waals surface area contributed by atoms with Gasteiger partial charge in [-0.3, -0.25) is 0 Å². The third-order valence-electron chi connectivity index (χ3n) is 24.1. The van der Waals surface area contributed by atoms with Crippen LogP contribution < -0.4 is 37.9 Å². The van der Waals surface area contributed by atoms with Crippen molar-refractivity contribution in [2.24, 2.45) is 0 Å². The fourth-order valence-electron chi connectivity index (χ4n) is 17.0. The van der Waals surface area contributed by atoms with Crippen molar-refractivity contribution in [3.05, 3.63) is 355 Å². The predicted octanol–water partition coefficient (Wildman–Crippen LogP) is 28.1. The summed E-state index contributed by atoms with van der Waals surface area (Å²) in [5, 5.41) is 46.9. The number of aromatic nitrogens is 4. The van der Waals surface area contributed by atoms with Gasteiger partial charge in [-0.1, -0.05) is 140 Å². The number of hydrogen-bond acceptors (Lipinski definition) is 20. The largest absolute Gasteiger partial charge is 0.497 e. The van der Waals surface area contributed by atoms with Gasteiger partial charge in [0.15, 0.2) is 11.5 Å². The molecular formula is C111H86F2N4O16S4. The van der Waals surface area contributed by atoms with Crippen LogP contribution in [0.4, 0.5) is 8.78 Å². The SMILES string of the molecule is COc1cccc(COc2ccc(C)c3nc(-c4sc5ccccc5c4C)cc(C(=O)O)c23)c1.COc1ccccc1COc1ccc(C)c2nc(-c3sc4ccccc4c3C)cc(C(=O)O)c12.Cc1c(-c2cc(C(=O)O)c3c(OCc4c(F)cccc4F)ccc(C)c3n2)sc2ccccc12.Cc1c(-c2cc(C(=O)O)c3c(OCc4ccc5c(c4)OCO5)ccc(C)c3n2)sc2ccccc12. The van der Waals surface area contributed by atoms with Crippen LogP contribution in [0, 0.1) is 67.0 Å². The van der Waals surface area contributed by atoms with Crippen LogP contribution >= 0.6 is 45.3 Å². The van der Waals surface area contributed by atoms with Crippen LogP contribution in [0.15, 0.2) is 255 Å². The van der Waals surface area contributed by atoms with Gasteiger partial charge in [-0.2, -0.15) is 0 Å². The lowest BCUT2D eigenvalue weighted by Gasteiger charge is -2.15. The number of aromatic carboxylic acids is 4. The number of carbonyl (C=O) groups is 4. The molecule has 0 amide bonds. The first-order chi connectivity index (χ1) is 66.3. The minimum Gasteiger partial charge on any atom is -0.497 e. The number of carboxylic acids is 4. The number of rotatable bonds is 22.